The molecule has 0 aromatic carbocycles. The molecule has 0 radical (unpaired) electrons. The minimum Gasteiger partial charge on any atom is -0.393 e. The van der Waals surface area contributed by atoms with Crippen molar-refractivity contribution in [1.82, 2.24) is 14.9 Å². The number of hydrogen-bond acceptors (Lipinski definition) is 5. The first-order chi connectivity index (χ1) is 9.74. The van der Waals surface area contributed by atoms with Crippen LogP contribution in [0.15, 0.2) is 12.3 Å². The molecule has 0 spiro atoms. The Bertz CT molecular complexity index is 453. The van der Waals surface area contributed by atoms with Gasteiger partial charge in [0.15, 0.2) is 0 Å². The molecule has 3 rings (SSSR count). The summed E-state index contributed by atoms with van der Waals surface area (Å²) in [6, 6.07) is 2.20. The lowest BCUT2D eigenvalue weighted by Gasteiger charge is -2.37. The fraction of sp³-hybridized carbons (Fsp3) is 0.733. The van der Waals surface area contributed by atoms with E-state index >= 15 is 0 Å². The highest BCUT2D eigenvalue weighted by molar-refractivity contribution is 5.25. The van der Waals surface area contributed by atoms with Crippen LogP contribution in [-0.4, -0.2) is 38.7 Å². The second-order valence-corrected chi connectivity index (χ2v) is 6.09. The van der Waals surface area contributed by atoms with Gasteiger partial charge in [-0.2, -0.15) is 0 Å². The largest absolute Gasteiger partial charge is 0.393 e. The van der Waals surface area contributed by atoms with Crippen molar-refractivity contribution in [2.45, 2.75) is 57.2 Å². The SMILES string of the molecule is Nc1ccnc(CN2CCC[C@@H]2[C@H]2CCCC[C@H]2O)n1. The average Bonchev–Trinajstić information content (AvgIpc) is 2.87. The van der Waals surface area contributed by atoms with E-state index in [0.717, 1.165) is 31.8 Å². The van der Waals surface area contributed by atoms with E-state index in [4.69, 9.17) is 5.73 Å². The Hall–Kier alpha value is -1.20. The first kappa shape index (κ1) is 13.8. The van der Waals surface area contributed by atoms with Gasteiger partial charge in [0.1, 0.15) is 11.6 Å². The summed E-state index contributed by atoms with van der Waals surface area (Å²) in [7, 11) is 0. The van der Waals surface area contributed by atoms with Crippen LogP contribution in [0.3, 0.4) is 0 Å². The van der Waals surface area contributed by atoms with Crippen LogP contribution in [0, 0.1) is 5.92 Å². The van der Waals surface area contributed by atoms with Gasteiger partial charge in [-0.15, -0.1) is 0 Å². The predicted molar refractivity (Wildman–Crippen MR) is 77.8 cm³/mol. The van der Waals surface area contributed by atoms with Crippen molar-refractivity contribution < 1.29 is 5.11 Å². The van der Waals surface area contributed by atoms with E-state index in [-0.39, 0.29) is 6.10 Å². The van der Waals surface area contributed by atoms with E-state index in [1.165, 1.54) is 25.7 Å². The number of rotatable bonds is 3. The van der Waals surface area contributed by atoms with Crippen molar-refractivity contribution in [1.29, 1.82) is 0 Å². The molecule has 2 aliphatic rings. The Kier molecular flexibility index (Phi) is 4.17. The molecular formula is C15H24N4O. The Labute approximate surface area is 120 Å². The van der Waals surface area contributed by atoms with Gasteiger partial charge in [0.2, 0.25) is 0 Å². The van der Waals surface area contributed by atoms with Crippen molar-refractivity contribution in [2.75, 3.05) is 12.3 Å². The first-order valence-electron chi connectivity index (χ1n) is 7.73. The monoisotopic (exact) mass is 276 g/mol. The second kappa shape index (κ2) is 6.06. The molecule has 3 atom stereocenters. The van der Waals surface area contributed by atoms with Crippen molar-refractivity contribution in [3.8, 4) is 0 Å². The van der Waals surface area contributed by atoms with Crippen LogP contribution in [0.1, 0.15) is 44.3 Å². The summed E-state index contributed by atoms with van der Waals surface area (Å²) in [6.07, 6.45) is 8.52. The zero-order chi connectivity index (χ0) is 13.9. The lowest BCUT2D eigenvalue weighted by Crippen LogP contribution is -2.42. The van der Waals surface area contributed by atoms with E-state index in [9.17, 15) is 5.11 Å². The fourth-order valence-corrected chi connectivity index (χ4v) is 3.79. The van der Waals surface area contributed by atoms with Crippen LogP contribution < -0.4 is 5.73 Å². The third-order valence-electron chi connectivity index (χ3n) is 4.76. The van der Waals surface area contributed by atoms with E-state index in [0.29, 0.717) is 17.8 Å². The van der Waals surface area contributed by atoms with Crippen molar-refractivity contribution in [3.05, 3.63) is 18.1 Å². The number of anilines is 1. The van der Waals surface area contributed by atoms with Gasteiger partial charge in [0, 0.05) is 18.2 Å². The topological polar surface area (TPSA) is 75.3 Å². The van der Waals surface area contributed by atoms with Crippen molar-refractivity contribution in [3.63, 3.8) is 0 Å². The van der Waals surface area contributed by atoms with E-state index < -0.39 is 0 Å². The molecule has 2 heterocycles. The molecule has 0 bridgehead atoms. The summed E-state index contributed by atoms with van der Waals surface area (Å²) in [5, 5.41) is 10.3. The number of hydrogen-bond donors (Lipinski definition) is 2. The molecule has 1 aromatic heterocycles. The molecule has 2 fully saturated rings. The zero-order valence-electron chi connectivity index (χ0n) is 11.9. The summed E-state index contributed by atoms with van der Waals surface area (Å²) in [6.45, 7) is 1.82. The van der Waals surface area contributed by atoms with Gasteiger partial charge >= 0.3 is 0 Å². The quantitative estimate of drug-likeness (QED) is 0.876. The van der Waals surface area contributed by atoms with Gasteiger partial charge in [-0.05, 0) is 38.3 Å². The van der Waals surface area contributed by atoms with Crippen molar-refractivity contribution >= 4 is 5.82 Å². The molecule has 1 saturated heterocycles. The van der Waals surface area contributed by atoms with E-state index in [1.807, 2.05) is 0 Å². The molecule has 0 amide bonds. The molecule has 0 unspecified atom stereocenters. The van der Waals surface area contributed by atoms with Gasteiger partial charge in [-0.3, -0.25) is 4.90 Å². The van der Waals surface area contributed by atoms with Crippen molar-refractivity contribution in [2.24, 2.45) is 5.92 Å². The zero-order valence-corrected chi connectivity index (χ0v) is 11.9. The van der Waals surface area contributed by atoms with Crippen LogP contribution in [0.4, 0.5) is 5.82 Å². The Balaban J connectivity index is 1.69. The molecule has 1 saturated carbocycles. The molecule has 110 valence electrons. The summed E-state index contributed by atoms with van der Waals surface area (Å²) in [4.78, 5) is 11.0. The number of aromatic nitrogens is 2. The van der Waals surface area contributed by atoms with Gasteiger partial charge < -0.3 is 10.8 Å². The summed E-state index contributed by atoms with van der Waals surface area (Å²) < 4.78 is 0. The minimum absolute atomic E-state index is 0.129. The van der Waals surface area contributed by atoms with Gasteiger partial charge in [0.25, 0.3) is 0 Å². The molecule has 1 aromatic rings. The summed E-state index contributed by atoms with van der Waals surface area (Å²) >= 11 is 0. The van der Waals surface area contributed by atoms with Crippen LogP contribution in [0.5, 0.6) is 0 Å². The minimum atomic E-state index is -0.129. The summed E-state index contributed by atoms with van der Waals surface area (Å²) in [5.74, 6) is 1.75. The number of aliphatic hydroxyl groups excluding tert-OH is 1. The number of nitrogens with two attached hydrogens (primary N) is 1. The Morgan fingerprint density at radius 3 is 2.90 bits per heavy atom. The van der Waals surface area contributed by atoms with Gasteiger partial charge in [-0.25, -0.2) is 9.97 Å². The van der Waals surface area contributed by atoms with E-state index in [2.05, 4.69) is 14.9 Å². The summed E-state index contributed by atoms with van der Waals surface area (Å²) in [5.41, 5.74) is 5.72. The maximum absolute atomic E-state index is 10.3. The normalized spacial score (nSPS) is 31.6. The van der Waals surface area contributed by atoms with Gasteiger partial charge in [-0.1, -0.05) is 12.8 Å². The average molecular weight is 276 g/mol. The number of likely N-dealkylation sites (tertiary alicyclic amines) is 1. The Morgan fingerprint density at radius 2 is 2.10 bits per heavy atom. The van der Waals surface area contributed by atoms with Crippen LogP contribution in [0.25, 0.3) is 0 Å². The van der Waals surface area contributed by atoms with Gasteiger partial charge in [0.05, 0.1) is 12.6 Å². The number of aliphatic hydroxyl groups is 1. The van der Waals surface area contributed by atoms with Crippen LogP contribution >= 0.6 is 0 Å². The fourth-order valence-electron chi connectivity index (χ4n) is 3.79. The standard InChI is InChI=1S/C15H24N4O/c16-14-7-8-17-15(18-14)10-19-9-3-5-12(19)11-4-1-2-6-13(11)20/h7-8,11-13,20H,1-6,9-10H2,(H2,16,17,18)/t11-,12-,13-/m1/s1. The Morgan fingerprint density at radius 1 is 1.25 bits per heavy atom. The molecule has 1 aliphatic heterocycles. The molecule has 5 nitrogen and oxygen atoms in total. The lowest BCUT2D eigenvalue weighted by atomic mass is 9.80. The third kappa shape index (κ3) is 2.94. The highest BCUT2D eigenvalue weighted by atomic mass is 16.3. The maximum atomic E-state index is 10.3. The van der Waals surface area contributed by atoms with E-state index in [1.54, 1.807) is 12.3 Å². The first-order valence-corrected chi connectivity index (χ1v) is 7.73. The smallest absolute Gasteiger partial charge is 0.144 e. The van der Waals surface area contributed by atoms with Crippen LogP contribution in [0.2, 0.25) is 0 Å². The number of nitrogens with zero attached hydrogens (tertiary/aromatic N) is 3. The molecular weight excluding hydrogens is 252 g/mol. The lowest BCUT2D eigenvalue weighted by molar-refractivity contribution is 0.0195. The molecule has 5 heteroatoms. The number of nitrogen functional groups attached to an aromatic ring is 1. The molecule has 1 aliphatic carbocycles. The predicted octanol–water partition coefficient (Wildman–Crippen LogP) is 1.57. The highest BCUT2D eigenvalue weighted by Gasteiger charge is 2.36. The molecule has 20 heavy (non-hydrogen) atoms. The maximum Gasteiger partial charge on any atom is 0.144 e. The highest BCUT2D eigenvalue weighted by Crippen LogP contribution is 2.35. The molecule has 3 N–H and O–H groups in total. The van der Waals surface area contributed by atoms with Crippen LogP contribution in [-0.2, 0) is 6.54 Å². The second-order valence-electron chi connectivity index (χ2n) is 6.09. The third-order valence-corrected chi connectivity index (χ3v) is 4.76.